The Hall–Kier alpha value is -12.9. The first-order chi connectivity index (χ1) is 62.9. The Balaban J connectivity index is 1.18. The average Bonchev–Trinajstić information content (AvgIpc) is 1.48. The maximum Gasteiger partial charge on any atom is 0.279 e. The van der Waals surface area contributed by atoms with Gasteiger partial charge in [-0.3, -0.25) is 86.9 Å². The number of benzene rings is 3. The smallest absolute Gasteiger partial charge is 0.279 e. The molecule has 14 amide bonds. The molecular weight excluding hydrogens is 1720 g/mol. The Morgan fingerprint density at radius 2 is 1.13 bits per heavy atom. The fraction of sp³-hybridized carbons (Fsp3) is 0.533. The van der Waals surface area contributed by atoms with Gasteiger partial charge in [-0.1, -0.05) is 132 Å². The fourth-order valence-corrected chi connectivity index (χ4v) is 17.3. The van der Waals surface area contributed by atoms with E-state index in [4.69, 9.17) is 22.6 Å². The van der Waals surface area contributed by atoms with Crippen molar-refractivity contribution in [2.24, 2.45) is 35.0 Å². The zero-order chi connectivity index (χ0) is 96.6. The van der Waals surface area contributed by atoms with Crippen LogP contribution in [0.2, 0.25) is 0 Å². The van der Waals surface area contributed by atoms with Crippen molar-refractivity contribution in [3.8, 4) is 0 Å². The number of guanidine groups is 1. The SMILES string of the molecule is CCCC[C@H]1C(=O)N(C)[C@@H](CCCC)C(=O)C[C@@H](CCCNC(=N)N)C(=O)N[C@H](C(=O)CCC(N)=O)CCSC(=O)N[C@@H](Cc2ccccc2)C(=O)N(C)[C@@H](C)C(=O)N[C@@H](CC(N)=O)C(=O)N2CCCC2C(=O)C[C@@H](Cc2cnc[nH]2)C(=O)N[C@@H](CC(C)C)C(=O)N(C)CC(=O)N[C@@H](Cc2c[nH]c3ccccc23)C(=O)N[C@@H](CO)C(=O)N[C@@H](Cc2c[nH]c3ccccc23)C(=O)N1C. The third kappa shape index (κ3) is 30.3. The van der Waals surface area contributed by atoms with Crippen LogP contribution in [0.5, 0.6) is 0 Å². The third-order valence-electron chi connectivity index (χ3n) is 24.1. The van der Waals surface area contributed by atoms with E-state index in [2.05, 4.69) is 62.5 Å². The molecule has 6 aromatic rings. The van der Waals surface area contributed by atoms with Crippen LogP contribution < -0.4 is 59.7 Å². The van der Waals surface area contributed by atoms with Gasteiger partial charge in [0.2, 0.25) is 76.8 Å². The van der Waals surface area contributed by atoms with Gasteiger partial charge in [0.15, 0.2) is 23.3 Å². The van der Waals surface area contributed by atoms with E-state index < -0.39 is 223 Å². The van der Waals surface area contributed by atoms with E-state index >= 15 is 28.8 Å². The number of thioether (sulfide) groups is 1. The summed E-state index contributed by atoms with van der Waals surface area (Å²) in [5, 5.41) is 41.2. The van der Waals surface area contributed by atoms with Gasteiger partial charge in [-0.25, -0.2) is 4.98 Å². The topological polar surface area (TPSA) is 585 Å². The van der Waals surface area contributed by atoms with E-state index in [0.29, 0.717) is 81.6 Å². The highest BCUT2D eigenvalue weighted by Crippen LogP contribution is 2.29. The monoisotopic (exact) mass is 1850 g/mol. The van der Waals surface area contributed by atoms with E-state index in [1.807, 2.05) is 13.8 Å². The molecule has 19 N–H and O–H groups in total. The highest BCUT2D eigenvalue weighted by molar-refractivity contribution is 8.13. The molecule has 2 aliphatic heterocycles. The molecule has 8 rings (SSSR count). The fourth-order valence-electron chi connectivity index (χ4n) is 16.6. The van der Waals surface area contributed by atoms with Crippen LogP contribution in [0, 0.1) is 23.2 Å². The first-order valence-corrected chi connectivity index (χ1v) is 45.9. The lowest BCUT2D eigenvalue weighted by molar-refractivity contribution is -0.149. The van der Waals surface area contributed by atoms with Crippen LogP contribution >= 0.6 is 11.8 Å². The minimum atomic E-state index is -1.83. The molecule has 132 heavy (non-hydrogen) atoms. The molecule has 40 heteroatoms. The predicted octanol–water partition coefficient (Wildman–Crippen LogP) is 2.26. The number of unbranched alkanes of at least 4 members (excludes halogenated alkanes) is 2. The van der Waals surface area contributed by atoms with E-state index in [-0.39, 0.29) is 108 Å². The second kappa shape index (κ2) is 51.1. The molecule has 3 aromatic heterocycles. The van der Waals surface area contributed by atoms with Crippen molar-refractivity contribution < 1.29 is 86.6 Å². The molecule has 716 valence electrons. The number of imidazole rings is 1. The maximum atomic E-state index is 15.7. The first-order valence-electron chi connectivity index (χ1n) is 45.0. The molecule has 0 spiro atoms. The highest BCUT2D eigenvalue weighted by Gasteiger charge is 2.44. The largest absolute Gasteiger partial charge is 0.394 e. The number of likely N-dealkylation sites (N-methyl/N-ethyl adjacent to an activating group) is 4. The minimum absolute atomic E-state index is 0.00625. The number of aliphatic hydroxyl groups excluding tert-OH is 1. The van der Waals surface area contributed by atoms with Crippen molar-refractivity contribution in [2.45, 2.75) is 236 Å². The van der Waals surface area contributed by atoms with Crippen LogP contribution in [0.1, 0.15) is 166 Å². The van der Waals surface area contributed by atoms with E-state index in [1.165, 1.54) is 62.3 Å². The van der Waals surface area contributed by atoms with E-state index in [9.17, 15) is 57.8 Å². The number of nitrogens with two attached hydrogens (primary N) is 3. The van der Waals surface area contributed by atoms with Crippen molar-refractivity contribution in [3.63, 3.8) is 0 Å². The molecule has 3 aromatic carbocycles. The number of nitrogens with one attached hydrogen (secondary N) is 12. The number of Topliss-reactive ketones (excluding diaryl/α,β-unsaturated/α-hetero) is 3. The molecule has 0 aliphatic carbocycles. The zero-order valence-electron chi connectivity index (χ0n) is 76.5. The normalized spacial score (nSPS) is 23.7. The van der Waals surface area contributed by atoms with Gasteiger partial charge in [0.1, 0.15) is 48.3 Å². The standard InChI is InChI=1S/C92H129N21O18S/c1-10-12-30-72-76(116)44-56(25-21-36-98-91(95)96)82(122)103-65(75(115)33-34-78(93)118)35-38-132-92(131)108-68(40-55-23-15-14-16-24-55)87(127)110(7)54(5)81(121)104-70(46-79(94)119)89(129)113-37-22-32-73(113)77(117)45-57(41-60-49-97-52-101-60)83(123)105-67(39-53(3)4)86(126)109(6)50-80(120)102-66(42-58-47-99-63-28-19-17-26-61(58)63)84(124)107-71(51-114)85(125)106-69(43-59-48-100-64-29-20-18-27-62(59)64)88(128)112(9)74(31-13-11-2)90(130)111(72)8/h14-20,23-24,26-29,47-49,52-54,56-57,65-74,99-100,114H,10-13,21-22,25,30-46,50-51H2,1-9H3,(H2,93,118)(H2,94,119)(H,97,101)(H,102,120)(H,103,122)(H,104,121)(H,105,123)(H,106,125)(H,107,124)(H,108,131)(H4,95,96,98)/t54-,56+,57+,65-,66-,67-,68-,69-,70-,71-,72-,73?,74-/m0/s1. The number of amides is 14. The van der Waals surface area contributed by atoms with Crippen LogP contribution in [0.25, 0.3) is 21.8 Å². The summed E-state index contributed by atoms with van der Waals surface area (Å²) in [6, 6.07) is 6.70. The van der Waals surface area contributed by atoms with E-state index in [0.717, 1.165) is 9.80 Å². The molecule has 5 heterocycles. The Kier molecular flexibility index (Phi) is 40.4. The van der Waals surface area contributed by atoms with Crippen molar-refractivity contribution in [1.82, 2.24) is 87.0 Å². The molecule has 0 radical (unpaired) electrons. The van der Waals surface area contributed by atoms with Crippen LogP contribution in [0.4, 0.5) is 4.79 Å². The number of para-hydroxylation sites is 2. The minimum Gasteiger partial charge on any atom is -0.394 e. The number of fused-ring (bicyclic) bond motifs is 3. The summed E-state index contributed by atoms with van der Waals surface area (Å²) in [6.45, 7) is 6.87. The summed E-state index contributed by atoms with van der Waals surface area (Å²) < 4.78 is 0. The van der Waals surface area contributed by atoms with Gasteiger partial charge >= 0.3 is 0 Å². The first kappa shape index (κ1) is 104. The van der Waals surface area contributed by atoms with Gasteiger partial charge in [-0.05, 0) is 93.0 Å². The summed E-state index contributed by atoms with van der Waals surface area (Å²) in [4.78, 5) is 268. The van der Waals surface area contributed by atoms with Crippen molar-refractivity contribution >= 4 is 139 Å². The number of aliphatic hydroxyl groups is 1. The lowest BCUT2D eigenvalue weighted by Crippen LogP contribution is -2.60. The molecule has 2 saturated heterocycles. The Morgan fingerprint density at radius 1 is 0.561 bits per heavy atom. The summed E-state index contributed by atoms with van der Waals surface area (Å²) >= 11 is 0.624. The van der Waals surface area contributed by atoms with Crippen molar-refractivity contribution in [3.05, 3.63) is 126 Å². The van der Waals surface area contributed by atoms with Crippen LogP contribution in [-0.2, 0) is 102 Å². The lowest BCUT2D eigenvalue weighted by atomic mass is 9.90. The molecule has 2 fully saturated rings. The van der Waals surface area contributed by atoms with Gasteiger partial charge in [-0.15, -0.1) is 0 Å². The van der Waals surface area contributed by atoms with Crippen LogP contribution in [0.15, 0.2) is 104 Å². The predicted molar refractivity (Wildman–Crippen MR) is 493 cm³/mol. The quantitative estimate of drug-likeness (QED) is 0.0200. The zero-order valence-corrected chi connectivity index (χ0v) is 77.3. The number of primary amides is 2. The summed E-state index contributed by atoms with van der Waals surface area (Å²) in [5.74, 6) is -16.6. The lowest BCUT2D eigenvalue weighted by Gasteiger charge is -2.36. The number of aromatic nitrogens is 4. The maximum absolute atomic E-state index is 15.7. The van der Waals surface area contributed by atoms with Crippen molar-refractivity contribution in [2.75, 3.05) is 60.2 Å². The van der Waals surface area contributed by atoms with Gasteiger partial charge in [0.25, 0.3) is 5.24 Å². The van der Waals surface area contributed by atoms with E-state index in [1.54, 1.807) is 105 Å². The molecule has 39 nitrogen and oxygen atoms in total. The second-order valence-corrected chi connectivity index (χ2v) is 35.6. The average molecular weight is 1850 g/mol. The molecule has 2 aliphatic rings. The van der Waals surface area contributed by atoms with Crippen molar-refractivity contribution in [1.29, 1.82) is 5.41 Å². The summed E-state index contributed by atoms with van der Waals surface area (Å²) in [6.07, 6.45) is 4.66. The summed E-state index contributed by atoms with van der Waals surface area (Å²) in [7, 11) is 5.36. The Morgan fingerprint density at radius 3 is 1.73 bits per heavy atom. The number of H-pyrrole nitrogens is 3. The number of hydrogen-bond donors (Lipinski definition) is 16. The number of aromatic amines is 3. The number of ketones is 3. The van der Waals surface area contributed by atoms with Gasteiger partial charge in [0, 0.05) is 150 Å². The van der Waals surface area contributed by atoms with Gasteiger partial charge in [0.05, 0.1) is 49.9 Å². The number of carbonyl (C=O) groups is 17. The third-order valence-corrected chi connectivity index (χ3v) is 24.9. The van der Waals surface area contributed by atoms with Crippen LogP contribution in [-0.4, -0.2) is 282 Å². The van der Waals surface area contributed by atoms with Gasteiger partial charge < -0.3 is 104 Å². The Bertz CT molecular complexity index is 5040. The Labute approximate surface area is 771 Å². The van der Waals surface area contributed by atoms with Crippen LogP contribution in [0.3, 0.4) is 0 Å². The molecule has 1 unspecified atom stereocenters. The highest BCUT2D eigenvalue weighted by atomic mass is 32.2. The molecule has 0 saturated carbocycles. The van der Waals surface area contributed by atoms with Gasteiger partial charge in [-0.2, -0.15) is 0 Å². The number of carbonyl (C=O) groups excluding carboxylic acids is 17. The summed E-state index contributed by atoms with van der Waals surface area (Å²) in [5.41, 5.74) is 20.3. The molecule has 13 atom stereocenters. The number of rotatable bonds is 27. The number of hydrogen-bond acceptors (Lipinski definition) is 21. The second-order valence-electron chi connectivity index (χ2n) is 34.5. The molecule has 0 bridgehead atoms. The number of nitrogens with zero attached hydrogens (tertiary/aromatic N) is 6. The molecular formula is C92H129N21O18S.